The number of ether oxygens (including phenoxy) is 1. The van der Waals surface area contributed by atoms with Gasteiger partial charge in [-0.25, -0.2) is 0 Å². The van der Waals surface area contributed by atoms with Gasteiger partial charge in [-0.05, 0) is 30.7 Å². The number of hydrogen-bond acceptors (Lipinski definition) is 3. The van der Waals surface area contributed by atoms with Crippen molar-refractivity contribution in [3.8, 4) is 5.75 Å². The molecule has 0 saturated heterocycles. The highest BCUT2D eigenvalue weighted by Gasteiger charge is 2.17. The van der Waals surface area contributed by atoms with Crippen molar-refractivity contribution in [2.45, 2.75) is 31.6 Å². The lowest BCUT2D eigenvalue weighted by molar-refractivity contribution is 0.352. The molecule has 0 radical (unpaired) electrons. The molecule has 1 aliphatic heterocycles. The maximum absolute atomic E-state index is 11.3. The molecule has 1 aliphatic rings. The molecule has 0 aromatic heterocycles. The lowest BCUT2D eigenvalue weighted by atomic mass is 10.1. The number of halogens is 1. The standard InChI is InChI=1S/C14H20BrNO2S/c1-10(19(2)17)3-5-16-9-12-8-13(15)7-11-4-6-18-14(11)12/h7-8,10,16H,3-6,9H2,1-2H3/t10-,19-/m0/s1. The third kappa shape index (κ3) is 4.04. The van der Waals surface area contributed by atoms with Crippen LogP contribution in [0.5, 0.6) is 5.75 Å². The summed E-state index contributed by atoms with van der Waals surface area (Å²) in [5, 5.41) is 3.66. The fraction of sp³-hybridized carbons (Fsp3) is 0.571. The third-order valence-electron chi connectivity index (χ3n) is 3.44. The molecule has 3 nitrogen and oxygen atoms in total. The highest BCUT2D eigenvalue weighted by atomic mass is 79.9. The number of nitrogens with one attached hydrogen (secondary N) is 1. The molecule has 0 aliphatic carbocycles. The summed E-state index contributed by atoms with van der Waals surface area (Å²) in [4.78, 5) is 0. The van der Waals surface area contributed by atoms with Gasteiger partial charge in [-0.15, -0.1) is 0 Å². The minimum atomic E-state index is -0.734. The number of rotatable bonds is 6. The largest absolute Gasteiger partial charge is 0.493 e. The predicted molar refractivity (Wildman–Crippen MR) is 83.2 cm³/mol. The van der Waals surface area contributed by atoms with E-state index in [2.05, 4.69) is 33.4 Å². The Morgan fingerprint density at radius 3 is 3.05 bits per heavy atom. The molecule has 2 rings (SSSR count). The van der Waals surface area contributed by atoms with Crippen molar-refractivity contribution in [1.29, 1.82) is 0 Å². The van der Waals surface area contributed by atoms with Crippen LogP contribution < -0.4 is 10.1 Å². The molecular formula is C14H20BrNO2S. The lowest BCUT2D eigenvalue weighted by Crippen LogP contribution is -2.21. The predicted octanol–water partition coefficient (Wildman–Crippen LogP) is 2.63. The molecular weight excluding hydrogens is 326 g/mol. The Morgan fingerprint density at radius 1 is 1.53 bits per heavy atom. The number of fused-ring (bicyclic) bond motifs is 1. The molecule has 0 spiro atoms. The van der Waals surface area contributed by atoms with Crippen LogP contribution in [-0.2, 0) is 23.8 Å². The van der Waals surface area contributed by atoms with E-state index in [0.717, 1.165) is 42.8 Å². The molecule has 0 saturated carbocycles. The third-order valence-corrected chi connectivity index (χ3v) is 5.26. The first kappa shape index (κ1) is 15.0. The van der Waals surface area contributed by atoms with E-state index in [1.807, 2.05) is 6.92 Å². The summed E-state index contributed by atoms with van der Waals surface area (Å²) >= 11 is 3.54. The van der Waals surface area contributed by atoms with E-state index in [1.165, 1.54) is 11.1 Å². The van der Waals surface area contributed by atoms with Gasteiger partial charge in [0.15, 0.2) is 0 Å². The highest BCUT2D eigenvalue weighted by molar-refractivity contribution is 9.10. The smallest absolute Gasteiger partial charge is 0.127 e. The first-order valence-electron chi connectivity index (χ1n) is 6.55. The molecule has 106 valence electrons. The van der Waals surface area contributed by atoms with Crippen molar-refractivity contribution in [3.05, 3.63) is 27.7 Å². The topological polar surface area (TPSA) is 38.3 Å². The molecule has 0 bridgehead atoms. The summed E-state index contributed by atoms with van der Waals surface area (Å²) in [5.41, 5.74) is 2.49. The van der Waals surface area contributed by atoms with Crippen molar-refractivity contribution < 1.29 is 8.95 Å². The summed E-state index contributed by atoms with van der Waals surface area (Å²) < 4.78 is 18.1. The molecule has 1 aromatic rings. The van der Waals surface area contributed by atoms with Crippen LogP contribution in [0.2, 0.25) is 0 Å². The summed E-state index contributed by atoms with van der Waals surface area (Å²) in [5.74, 6) is 1.04. The molecule has 0 unspecified atom stereocenters. The molecule has 0 fully saturated rings. The lowest BCUT2D eigenvalue weighted by Gasteiger charge is -2.12. The van der Waals surface area contributed by atoms with Crippen LogP contribution >= 0.6 is 15.9 Å². The Hall–Kier alpha value is -0.390. The van der Waals surface area contributed by atoms with Gasteiger partial charge < -0.3 is 10.1 Å². The molecule has 0 amide bonds. The van der Waals surface area contributed by atoms with E-state index in [9.17, 15) is 4.21 Å². The zero-order chi connectivity index (χ0) is 13.8. The van der Waals surface area contributed by atoms with Gasteiger partial charge in [0, 0.05) is 45.3 Å². The van der Waals surface area contributed by atoms with E-state index < -0.39 is 10.8 Å². The first-order valence-corrected chi connectivity index (χ1v) is 8.96. The average molecular weight is 346 g/mol. The zero-order valence-corrected chi connectivity index (χ0v) is 13.8. The van der Waals surface area contributed by atoms with Crippen molar-refractivity contribution in [3.63, 3.8) is 0 Å². The fourth-order valence-corrected chi connectivity index (χ4v) is 3.17. The molecule has 5 heteroatoms. The van der Waals surface area contributed by atoms with Crippen molar-refractivity contribution in [2.75, 3.05) is 19.4 Å². The van der Waals surface area contributed by atoms with Gasteiger partial charge in [0.1, 0.15) is 5.75 Å². The van der Waals surface area contributed by atoms with Gasteiger partial charge in [-0.2, -0.15) is 0 Å². The van der Waals surface area contributed by atoms with Crippen LogP contribution in [-0.4, -0.2) is 28.9 Å². The maximum atomic E-state index is 11.3. The second-order valence-corrected chi connectivity index (χ2v) is 7.64. The minimum absolute atomic E-state index is 0.247. The van der Waals surface area contributed by atoms with Gasteiger partial charge in [0.25, 0.3) is 0 Å². The van der Waals surface area contributed by atoms with Crippen LogP contribution in [0.1, 0.15) is 24.5 Å². The van der Waals surface area contributed by atoms with Gasteiger partial charge in [0.2, 0.25) is 0 Å². The summed E-state index contributed by atoms with van der Waals surface area (Å²) in [7, 11) is -0.734. The Morgan fingerprint density at radius 2 is 2.32 bits per heavy atom. The van der Waals surface area contributed by atoms with Crippen molar-refractivity contribution in [1.82, 2.24) is 5.32 Å². The van der Waals surface area contributed by atoms with Gasteiger partial charge in [-0.3, -0.25) is 4.21 Å². The molecule has 1 heterocycles. The maximum Gasteiger partial charge on any atom is 0.127 e. The average Bonchev–Trinajstić information content (AvgIpc) is 2.81. The van der Waals surface area contributed by atoms with Crippen LogP contribution in [0, 0.1) is 0 Å². The molecule has 19 heavy (non-hydrogen) atoms. The fourth-order valence-electron chi connectivity index (χ4n) is 2.17. The second-order valence-electron chi connectivity index (χ2n) is 4.93. The SMILES string of the molecule is C[C@@H](CCNCc1cc(Br)cc2c1OCC2)[S@](C)=O. The molecule has 1 N–H and O–H groups in total. The normalized spacial score (nSPS) is 16.8. The van der Waals surface area contributed by atoms with Crippen molar-refractivity contribution in [2.24, 2.45) is 0 Å². The second kappa shape index (κ2) is 6.86. The minimum Gasteiger partial charge on any atom is -0.493 e. The number of hydrogen-bond donors (Lipinski definition) is 1. The van der Waals surface area contributed by atoms with Crippen LogP contribution in [0.15, 0.2) is 16.6 Å². The highest BCUT2D eigenvalue weighted by Crippen LogP contribution is 2.32. The Bertz CT molecular complexity index is 479. The van der Waals surface area contributed by atoms with Crippen LogP contribution in [0.3, 0.4) is 0 Å². The van der Waals surface area contributed by atoms with Crippen LogP contribution in [0.25, 0.3) is 0 Å². The zero-order valence-electron chi connectivity index (χ0n) is 11.4. The Kier molecular flexibility index (Phi) is 5.42. The van der Waals surface area contributed by atoms with Gasteiger partial charge in [0.05, 0.1) is 6.61 Å². The van der Waals surface area contributed by atoms with E-state index >= 15 is 0 Å². The summed E-state index contributed by atoms with van der Waals surface area (Å²) in [6, 6.07) is 4.24. The van der Waals surface area contributed by atoms with E-state index in [4.69, 9.17) is 4.74 Å². The Balaban J connectivity index is 1.88. The van der Waals surface area contributed by atoms with Crippen molar-refractivity contribution >= 4 is 26.7 Å². The van der Waals surface area contributed by atoms with E-state index in [1.54, 1.807) is 6.26 Å². The van der Waals surface area contributed by atoms with E-state index in [-0.39, 0.29) is 5.25 Å². The van der Waals surface area contributed by atoms with Gasteiger partial charge in [-0.1, -0.05) is 22.9 Å². The molecule has 2 atom stereocenters. The van der Waals surface area contributed by atoms with E-state index in [0.29, 0.717) is 0 Å². The van der Waals surface area contributed by atoms with Crippen LogP contribution in [0.4, 0.5) is 0 Å². The first-order chi connectivity index (χ1) is 9.08. The van der Waals surface area contributed by atoms with Gasteiger partial charge >= 0.3 is 0 Å². The summed E-state index contributed by atoms with van der Waals surface area (Å²) in [6.45, 7) is 4.48. The monoisotopic (exact) mass is 345 g/mol. The summed E-state index contributed by atoms with van der Waals surface area (Å²) in [6.07, 6.45) is 3.69. The molecule has 1 aromatic carbocycles. The number of benzene rings is 1. The Labute approximate surface area is 125 Å². The quantitative estimate of drug-likeness (QED) is 0.805.